The van der Waals surface area contributed by atoms with Gasteiger partial charge in [-0.15, -0.1) is 0 Å². The van der Waals surface area contributed by atoms with Crippen molar-refractivity contribution in [3.05, 3.63) is 34.6 Å². The van der Waals surface area contributed by atoms with Crippen molar-refractivity contribution in [3.63, 3.8) is 0 Å². The Kier molecular flexibility index (Phi) is 4.53. The first kappa shape index (κ1) is 14.9. The van der Waals surface area contributed by atoms with Gasteiger partial charge in [0.2, 0.25) is 0 Å². The monoisotopic (exact) mass is 306 g/mol. The minimum atomic E-state index is -0.0957. The Hall–Kier alpha value is -1.03. The molecule has 1 N–H and O–H groups in total. The summed E-state index contributed by atoms with van der Waals surface area (Å²) in [4.78, 5) is 4.70. The van der Waals surface area contributed by atoms with E-state index < -0.39 is 0 Å². The van der Waals surface area contributed by atoms with Gasteiger partial charge < -0.3 is 5.32 Å². The van der Waals surface area contributed by atoms with E-state index in [2.05, 4.69) is 5.32 Å². The lowest BCUT2D eigenvalue weighted by atomic mass is 9.86. The topological polar surface area (TPSA) is 24.4 Å². The summed E-state index contributed by atoms with van der Waals surface area (Å²) in [5.41, 5.74) is 2.51. The summed E-state index contributed by atoms with van der Waals surface area (Å²) in [5, 5.41) is 4.67. The number of aliphatic imine (C=N–C) groups is 1. The molecule has 0 aromatic heterocycles. The highest BCUT2D eigenvalue weighted by Crippen LogP contribution is 2.31. The van der Waals surface area contributed by atoms with Crippen LogP contribution in [0.2, 0.25) is 0 Å². The molecule has 2 atom stereocenters. The molecule has 21 heavy (non-hydrogen) atoms. The molecule has 0 spiro atoms. The zero-order valence-electron chi connectivity index (χ0n) is 12.8. The van der Waals surface area contributed by atoms with Crippen LogP contribution in [0.5, 0.6) is 0 Å². The van der Waals surface area contributed by atoms with E-state index in [-0.39, 0.29) is 5.82 Å². The van der Waals surface area contributed by atoms with E-state index in [1.165, 1.54) is 31.4 Å². The van der Waals surface area contributed by atoms with E-state index in [0.717, 1.165) is 16.6 Å². The number of nitrogens with zero attached hydrogens (tertiary/aromatic N) is 1. The van der Waals surface area contributed by atoms with Gasteiger partial charge in [-0.3, -0.25) is 4.99 Å². The van der Waals surface area contributed by atoms with Crippen molar-refractivity contribution in [1.82, 2.24) is 5.32 Å². The summed E-state index contributed by atoms with van der Waals surface area (Å²) in [5.74, 6) is 1.91. The van der Waals surface area contributed by atoms with Crippen LogP contribution in [0, 0.1) is 25.6 Å². The normalized spacial score (nSPS) is 27.3. The van der Waals surface area contributed by atoms with Gasteiger partial charge in [-0.1, -0.05) is 36.7 Å². The molecule has 0 amide bonds. The molecule has 0 radical (unpaired) electrons. The molecule has 2 nitrogen and oxygen atoms in total. The van der Waals surface area contributed by atoms with Crippen molar-refractivity contribution in [2.75, 3.05) is 5.75 Å². The fraction of sp³-hybridized carbons (Fsp3) is 0.588. The fourth-order valence-corrected chi connectivity index (χ4v) is 4.53. The second-order valence-electron chi connectivity index (χ2n) is 6.27. The molecule has 4 heteroatoms. The van der Waals surface area contributed by atoms with Crippen LogP contribution in [0.25, 0.3) is 0 Å². The third kappa shape index (κ3) is 3.42. The number of fused-ring (bicyclic) bond motifs is 1. The lowest BCUT2D eigenvalue weighted by Crippen LogP contribution is -2.46. The van der Waals surface area contributed by atoms with E-state index in [4.69, 9.17) is 4.99 Å². The third-order valence-electron chi connectivity index (χ3n) is 4.55. The van der Waals surface area contributed by atoms with Crippen LogP contribution >= 0.6 is 11.8 Å². The third-order valence-corrected chi connectivity index (χ3v) is 5.67. The number of hydrogen-bond acceptors (Lipinski definition) is 2. The lowest BCUT2D eigenvalue weighted by Gasteiger charge is -2.36. The number of nitrogens with one attached hydrogen (secondary N) is 1. The highest BCUT2D eigenvalue weighted by Gasteiger charge is 2.30. The van der Waals surface area contributed by atoms with Crippen LogP contribution in [0.1, 0.15) is 42.4 Å². The molecule has 1 heterocycles. The van der Waals surface area contributed by atoms with Crippen molar-refractivity contribution in [2.45, 2.75) is 52.1 Å². The van der Waals surface area contributed by atoms with Gasteiger partial charge in [0.15, 0.2) is 5.17 Å². The number of amidine groups is 1. The van der Waals surface area contributed by atoms with Crippen LogP contribution < -0.4 is 5.32 Å². The van der Waals surface area contributed by atoms with Crippen molar-refractivity contribution >= 4 is 16.9 Å². The summed E-state index contributed by atoms with van der Waals surface area (Å²) in [7, 11) is 0. The molecular formula is C17H23FN2S. The summed E-state index contributed by atoms with van der Waals surface area (Å²) in [6, 6.07) is 4.43. The molecule has 1 aromatic carbocycles. The number of hydrogen-bond donors (Lipinski definition) is 1. The Morgan fingerprint density at radius 2 is 1.95 bits per heavy atom. The predicted octanol–water partition coefficient (Wildman–Crippen LogP) is 4.19. The van der Waals surface area contributed by atoms with Crippen LogP contribution in [0.3, 0.4) is 0 Å². The first-order chi connectivity index (χ1) is 10.1. The second kappa shape index (κ2) is 6.39. The molecule has 3 rings (SSSR count). The predicted molar refractivity (Wildman–Crippen MR) is 88.4 cm³/mol. The quantitative estimate of drug-likeness (QED) is 0.886. The SMILES string of the molecule is Cc1cc(CN=C2NC3CCCCC3CS2)cc(C)c1F. The second-order valence-corrected chi connectivity index (χ2v) is 7.28. The number of halogens is 1. The molecule has 2 fully saturated rings. The van der Waals surface area contributed by atoms with Gasteiger partial charge in [0.25, 0.3) is 0 Å². The molecule has 1 aliphatic heterocycles. The van der Waals surface area contributed by atoms with E-state index in [1.54, 1.807) is 0 Å². The molecule has 0 bridgehead atoms. The number of rotatable bonds is 2. The smallest absolute Gasteiger partial charge is 0.157 e. The van der Waals surface area contributed by atoms with Gasteiger partial charge in [0, 0.05) is 11.8 Å². The van der Waals surface area contributed by atoms with Gasteiger partial charge in [-0.05, 0) is 49.3 Å². The Morgan fingerprint density at radius 3 is 2.71 bits per heavy atom. The van der Waals surface area contributed by atoms with Gasteiger partial charge in [0.1, 0.15) is 5.82 Å². The molecule has 1 aromatic rings. The van der Waals surface area contributed by atoms with Crippen molar-refractivity contribution in [3.8, 4) is 0 Å². The maximum absolute atomic E-state index is 13.6. The van der Waals surface area contributed by atoms with Crippen LogP contribution in [0.15, 0.2) is 17.1 Å². The summed E-state index contributed by atoms with van der Waals surface area (Å²) >= 11 is 1.84. The molecule has 2 unspecified atom stereocenters. The van der Waals surface area contributed by atoms with Crippen LogP contribution in [0.4, 0.5) is 4.39 Å². The van der Waals surface area contributed by atoms with Gasteiger partial charge in [0.05, 0.1) is 6.54 Å². The molecule has 1 saturated heterocycles. The molecule has 1 aliphatic carbocycles. The standard InChI is InChI=1S/C17H23FN2S/c1-11-7-13(8-12(2)16(11)18)9-19-17-20-15-6-4-3-5-14(15)10-21-17/h7-8,14-15H,3-6,9-10H2,1-2H3,(H,19,20). The Morgan fingerprint density at radius 1 is 1.24 bits per heavy atom. The van der Waals surface area contributed by atoms with Crippen molar-refractivity contribution in [1.29, 1.82) is 0 Å². The van der Waals surface area contributed by atoms with Crippen molar-refractivity contribution in [2.24, 2.45) is 10.9 Å². The van der Waals surface area contributed by atoms with Gasteiger partial charge in [-0.25, -0.2) is 4.39 Å². The number of benzene rings is 1. The average molecular weight is 306 g/mol. The Labute approximate surface area is 130 Å². The van der Waals surface area contributed by atoms with Gasteiger partial charge in [-0.2, -0.15) is 0 Å². The minimum Gasteiger partial charge on any atom is -0.362 e. The lowest BCUT2D eigenvalue weighted by molar-refractivity contribution is 0.311. The van der Waals surface area contributed by atoms with Crippen LogP contribution in [-0.4, -0.2) is 17.0 Å². The van der Waals surface area contributed by atoms with E-state index >= 15 is 0 Å². The molecule has 1 saturated carbocycles. The zero-order valence-corrected chi connectivity index (χ0v) is 13.6. The molecule has 2 aliphatic rings. The first-order valence-electron chi connectivity index (χ1n) is 7.83. The highest BCUT2D eigenvalue weighted by molar-refractivity contribution is 8.13. The number of thioether (sulfide) groups is 1. The molecular weight excluding hydrogens is 283 g/mol. The van der Waals surface area contributed by atoms with E-state index in [1.807, 2.05) is 37.7 Å². The average Bonchev–Trinajstić information content (AvgIpc) is 2.50. The van der Waals surface area contributed by atoms with Crippen LogP contribution in [-0.2, 0) is 6.54 Å². The van der Waals surface area contributed by atoms with Crippen molar-refractivity contribution < 1.29 is 4.39 Å². The minimum absolute atomic E-state index is 0.0957. The summed E-state index contributed by atoms with van der Waals surface area (Å²) < 4.78 is 13.6. The maximum Gasteiger partial charge on any atom is 0.157 e. The Balaban J connectivity index is 1.66. The number of aryl methyl sites for hydroxylation is 2. The summed E-state index contributed by atoms with van der Waals surface area (Å²) in [6.07, 6.45) is 5.35. The largest absolute Gasteiger partial charge is 0.362 e. The first-order valence-corrected chi connectivity index (χ1v) is 8.81. The zero-order chi connectivity index (χ0) is 14.8. The Bertz CT molecular complexity index is 533. The highest BCUT2D eigenvalue weighted by atomic mass is 32.2. The summed E-state index contributed by atoms with van der Waals surface area (Å²) in [6.45, 7) is 4.27. The van der Waals surface area contributed by atoms with E-state index in [0.29, 0.717) is 23.7 Å². The maximum atomic E-state index is 13.6. The van der Waals surface area contributed by atoms with E-state index in [9.17, 15) is 4.39 Å². The fourth-order valence-electron chi connectivity index (χ4n) is 3.36. The molecule has 114 valence electrons. The van der Waals surface area contributed by atoms with Gasteiger partial charge >= 0.3 is 0 Å².